The third-order valence-corrected chi connectivity index (χ3v) is 2.74. The highest BCUT2D eigenvalue weighted by Crippen LogP contribution is 2.21. The van der Waals surface area contributed by atoms with Crippen LogP contribution in [-0.2, 0) is 4.79 Å². The molecule has 0 spiro atoms. The number of nitrogens with two attached hydrogens (primary N) is 1. The van der Waals surface area contributed by atoms with Crippen LogP contribution >= 0.6 is 0 Å². The summed E-state index contributed by atoms with van der Waals surface area (Å²) >= 11 is 0. The minimum atomic E-state index is 0.128. The molecule has 0 aromatic rings. The maximum absolute atomic E-state index is 11.3. The first-order valence-electron chi connectivity index (χ1n) is 4.78. The van der Waals surface area contributed by atoms with Crippen LogP contribution in [0.25, 0.3) is 0 Å². The molecule has 13 heavy (non-hydrogen) atoms. The molecule has 0 aromatic carbocycles. The van der Waals surface area contributed by atoms with Crippen LogP contribution in [0.5, 0.6) is 0 Å². The first kappa shape index (κ1) is 10.3. The SMILES string of the molecule is C=C[C@H]1CC[C@@H](CN)CN1C(C)=O. The highest BCUT2D eigenvalue weighted by molar-refractivity contribution is 5.74. The van der Waals surface area contributed by atoms with E-state index in [1.165, 1.54) is 0 Å². The fourth-order valence-electron chi connectivity index (χ4n) is 1.87. The summed E-state index contributed by atoms with van der Waals surface area (Å²) in [5.41, 5.74) is 5.59. The summed E-state index contributed by atoms with van der Waals surface area (Å²) in [5, 5.41) is 0. The van der Waals surface area contributed by atoms with Crippen LogP contribution in [0.2, 0.25) is 0 Å². The van der Waals surface area contributed by atoms with Gasteiger partial charge in [0.1, 0.15) is 0 Å². The van der Waals surface area contributed by atoms with Crippen molar-refractivity contribution < 1.29 is 4.79 Å². The van der Waals surface area contributed by atoms with Gasteiger partial charge in [-0.1, -0.05) is 6.08 Å². The first-order valence-corrected chi connectivity index (χ1v) is 4.78. The van der Waals surface area contributed by atoms with Crippen molar-refractivity contribution in [1.82, 2.24) is 4.90 Å². The van der Waals surface area contributed by atoms with Crippen LogP contribution in [0.3, 0.4) is 0 Å². The van der Waals surface area contributed by atoms with Gasteiger partial charge in [-0.3, -0.25) is 4.79 Å². The van der Waals surface area contributed by atoms with E-state index in [0.29, 0.717) is 12.5 Å². The molecule has 0 aliphatic carbocycles. The molecule has 3 nitrogen and oxygen atoms in total. The lowest BCUT2D eigenvalue weighted by Gasteiger charge is -2.37. The van der Waals surface area contributed by atoms with E-state index in [9.17, 15) is 4.79 Å². The highest BCUT2D eigenvalue weighted by atomic mass is 16.2. The number of likely N-dealkylation sites (tertiary alicyclic amines) is 1. The van der Waals surface area contributed by atoms with E-state index in [1.54, 1.807) is 6.92 Å². The Bertz CT molecular complexity index is 203. The van der Waals surface area contributed by atoms with E-state index in [0.717, 1.165) is 19.4 Å². The van der Waals surface area contributed by atoms with Crippen LogP contribution in [0.4, 0.5) is 0 Å². The van der Waals surface area contributed by atoms with Crippen LogP contribution in [0, 0.1) is 5.92 Å². The molecule has 2 N–H and O–H groups in total. The Labute approximate surface area is 79.6 Å². The van der Waals surface area contributed by atoms with Gasteiger partial charge < -0.3 is 10.6 Å². The summed E-state index contributed by atoms with van der Waals surface area (Å²) in [4.78, 5) is 13.1. The predicted molar refractivity (Wildman–Crippen MR) is 53.2 cm³/mol. The fraction of sp³-hybridized carbons (Fsp3) is 0.700. The molecule has 1 amide bonds. The Morgan fingerprint density at radius 3 is 2.85 bits per heavy atom. The Hall–Kier alpha value is -0.830. The second-order valence-electron chi connectivity index (χ2n) is 3.65. The normalized spacial score (nSPS) is 28.6. The van der Waals surface area contributed by atoms with Crippen molar-refractivity contribution in [1.29, 1.82) is 0 Å². The van der Waals surface area contributed by atoms with E-state index in [-0.39, 0.29) is 11.9 Å². The summed E-state index contributed by atoms with van der Waals surface area (Å²) in [6.45, 7) is 6.82. The van der Waals surface area contributed by atoms with Crippen molar-refractivity contribution in [2.24, 2.45) is 11.7 Å². The second-order valence-corrected chi connectivity index (χ2v) is 3.65. The van der Waals surface area contributed by atoms with Crippen molar-refractivity contribution >= 4 is 5.91 Å². The molecule has 1 heterocycles. The molecule has 1 saturated heterocycles. The molecule has 0 radical (unpaired) electrons. The lowest BCUT2D eigenvalue weighted by molar-refractivity contribution is -0.132. The van der Waals surface area contributed by atoms with E-state index in [2.05, 4.69) is 6.58 Å². The van der Waals surface area contributed by atoms with Crippen molar-refractivity contribution in [2.75, 3.05) is 13.1 Å². The molecular formula is C10H18N2O. The number of carbonyl (C=O) groups is 1. The van der Waals surface area contributed by atoms with Gasteiger partial charge in [0.2, 0.25) is 5.91 Å². The molecule has 0 saturated carbocycles. The van der Waals surface area contributed by atoms with Crippen molar-refractivity contribution in [3.8, 4) is 0 Å². The Morgan fingerprint density at radius 2 is 2.38 bits per heavy atom. The van der Waals surface area contributed by atoms with Gasteiger partial charge in [0.05, 0.1) is 0 Å². The summed E-state index contributed by atoms with van der Waals surface area (Å²) in [6, 6.07) is 0.222. The first-order chi connectivity index (χ1) is 6.19. The van der Waals surface area contributed by atoms with Crippen LogP contribution < -0.4 is 5.73 Å². The van der Waals surface area contributed by atoms with Gasteiger partial charge in [0.25, 0.3) is 0 Å². The van der Waals surface area contributed by atoms with Gasteiger partial charge in [0.15, 0.2) is 0 Å². The average molecular weight is 182 g/mol. The van der Waals surface area contributed by atoms with Crippen LogP contribution in [0.15, 0.2) is 12.7 Å². The smallest absolute Gasteiger partial charge is 0.219 e. The predicted octanol–water partition coefficient (Wildman–Crippen LogP) is 0.758. The Kier molecular flexibility index (Phi) is 3.48. The zero-order valence-corrected chi connectivity index (χ0v) is 8.20. The number of piperidine rings is 1. The van der Waals surface area contributed by atoms with E-state index >= 15 is 0 Å². The maximum Gasteiger partial charge on any atom is 0.219 e. The van der Waals surface area contributed by atoms with Gasteiger partial charge in [-0.05, 0) is 25.3 Å². The van der Waals surface area contributed by atoms with Gasteiger partial charge in [0, 0.05) is 19.5 Å². The lowest BCUT2D eigenvalue weighted by Crippen LogP contribution is -2.46. The zero-order valence-electron chi connectivity index (χ0n) is 8.20. The largest absolute Gasteiger partial charge is 0.336 e. The van der Waals surface area contributed by atoms with E-state index < -0.39 is 0 Å². The maximum atomic E-state index is 11.3. The molecule has 2 atom stereocenters. The molecule has 74 valence electrons. The number of amides is 1. The molecule has 1 aliphatic heterocycles. The number of hydrogen-bond acceptors (Lipinski definition) is 2. The molecule has 1 aliphatic rings. The van der Waals surface area contributed by atoms with Gasteiger partial charge in [-0.25, -0.2) is 0 Å². The van der Waals surface area contributed by atoms with Crippen molar-refractivity contribution in [2.45, 2.75) is 25.8 Å². The highest BCUT2D eigenvalue weighted by Gasteiger charge is 2.26. The Balaban J connectivity index is 2.62. The van der Waals surface area contributed by atoms with Crippen LogP contribution in [0.1, 0.15) is 19.8 Å². The van der Waals surface area contributed by atoms with E-state index in [4.69, 9.17) is 5.73 Å². The molecule has 1 fully saturated rings. The van der Waals surface area contributed by atoms with E-state index in [1.807, 2.05) is 11.0 Å². The third kappa shape index (κ3) is 2.31. The Morgan fingerprint density at radius 1 is 1.69 bits per heavy atom. The molecule has 1 rings (SSSR count). The summed E-state index contributed by atoms with van der Waals surface area (Å²) in [7, 11) is 0. The van der Waals surface area contributed by atoms with Crippen molar-refractivity contribution in [3.63, 3.8) is 0 Å². The zero-order chi connectivity index (χ0) is 9.84. The fourth-order valence-corrected chi connectivity index (χ4v) is 1.87. The topological polar surface area (TPSA) is 46.3 Å². The van der Waals surface area contributed by atoms with Crippen LogP contribution in [-0.4, -0.2) is 29.9 Å². The van der Waals surface area contributed by atoms with Gasteiger partial charge >= 0.3 is 0 Å². The lowest BCUT2D eigenvalue weighted by atomic mass is 9.93. The monoisotopic (exact) mass is 182 g/mol. The number of hydrogen-bond donors (Lipinski definition) is 1. The summed E-state index contributed by atoms with van der Waals surface area (Å²) in [6.07, 6.45) is 3.97. The minimum absolute atomic E-state index is 0.128. The average Bonchev–Trinajstić information content (AvgIpc) is 2.16. The number of nitrogens with zero attached hydrogens (tertiary/aromatic N) is 1. The summed E-state index contributed by atoms with van der Waals surface area (Å²) in [5.74, 6) is 0.600. The van der Waals surface area contributed by atoms with Crippen molar-refractivity contribution in [3.05, 3.63) is 12.7 Å². The second kappa shape index (κ2) is 4.42. The molecular weight excluding hydrogens is 164 g/mol. The molecule has 0 bridgehead atoms. The number of carbonyl (C=O) groups excluding carboxylic acids is 1. The molecule has 0 aromatic heterocycles. The standard InChI is InChI=1S/C10H18N2O/c1-3-10-5-4-9(6-11)7-12(10)8(2)13/h3,9-10H,1,4-7,11H2,2H3/t9-,10-/m0/s1. The molecule has 3 heteroatoms. The number of rotatable bonds is 2. The molecule has 0 unspecified atom stereocenters. The third-order valence-electron chi connectivity index (χ3n) is 2.74. The minimum Gasteiger partial charge on any atom is -0.336 e. The van der Waals surface area contributed by atoms with Gasteiger partial charge in [-0.2, -0.15) is 0 Å². The van der Waals surface area contributed by atoms with Gasteiger partial charge in [-0.15, -0.1) is 6.58 Å². The summed E-state index contributed by atoms with van der Waals surface area (Å²) < 4.78 is 0. The quantitative estimate of drug-likeness (QED) is 0.641.